The van der Waals surface area contributed by atoms with Crippen molar-refractivity contribution in [1.82, 2.24) is 4.98 Å². The van der Waals surface area contributed by atoms with Gasteiger partial charge in [-0.25, -0.2) is 0 Å². The number of hydrogen-bond acceptors (Lipinski definition) is 2. The number of ether oxygens (including phenoxy) is 1. The molecule has 102 valence electrons. The van der Waals surface area contributed by atoms with Crippen LogP contribution in [0.5, 0.6) is 5.75 Å². The van der Waals surface area contributed by atoms with Crippen LogP contribution >= 0.6 is 0 Å². The van der Waals surface area contributed by atoms with Crippen molar-refractivity contribution in [3.8, 4) is 5.75 Å². The van der Waals surface area contributed by atoms with E-state index in [-0.39, 0.29) is 5.78 Å². The van der Waals surface area contributed by atoms with Crippen LogP contribution in [0.25, 0.3) is 10.9 Å². The number of aromatic nitrogens is 1. The van der Waals surface area contributed by atoms with E-state index >= 15 is 0 Å². The Hall–Kier alpha value is -1.77. The van der Waals surface area contributed by atoms with E-state index in [4.69, 9.17) is 4.74 Å². The van der Waals surface area contributed by atoms with Gasteiger partial charge in [0.1, 0.15) is 5.75 Å². The number of rotatable bonds is 7. The van der Waals surface area contributed by atoms with Crippen molar-refractivity contribution >= 4 is 16.7 Å². The quantitative estimate of drug-likeness (QED) is 0.594. The number of ketones is 1. The SMILES string of the molecule is CCCCCC(=O)c1c[nH]c2cccc(OCC)c12. The first kappa shape index (κ1) is 13.7. The largest absolute Gasteiger partial charge is 0.493 e. The summed E-state index contributed by atoms with van der Waals surface area (Å²) in [6.45, 7) is 4.70. The van der Waals surface area contributed by atoms with Gasteiger partial charge in [-0.1, -0.05) is 25.8 Å². The van der Waals surface area contributed by atoms with Crippen LogP contribution in [0.15, 0.2) is 24.4 Å². The Morgan fingerprint density at radius 3 is 2.84 bits per heavy atom. The number of nitrogens with one attached hydrogen (secondary N) is 1. The lowest BCUT2D eigenvalue weighted by Gasteiger charge is -2.06. The molecule has 0 saturated heterocycles. The zero-order valence-electron chi connectivity index (χ0n) is 11.7. The maximum absolute atomic E-state index is 12.3. The molecule has 0 aliphatic heterocycles. The van der Waals surface area contributed by atoms with Crippen LogP contribution in [0, 0.1) is 0 Å². The van der Waals surface area contributed by atoms with Crippen LogP contribution in [0.4, 0.5) is 0 Å². The van der Waals surface area contributed by atoms with Crippen molar-refractivity contribution in [3.05, 3.63) is 30.0 Å². The Balaban J connectivity index is 2.30. The maximum Gasteiger partial charge on any atom is 0.165 e. The van der Waals surface area contributed by atoms with E-state index in [0.29, 0.717) is 13.0 Å². The maximum atomic E-state index is 12.3. The lowest BCUT2D eigenvalue weighted by atomic mass is 10.0. The van der Waals surface area contributed by atoms with Gasteiger partial charge in [-0.3, -0.25) is 4.79 Å². The summed E-state index contributed by atoms with van der Waals surface area (Å²) in [7, 11) is 0. The average Bonchev–Trinajstić information content (AvgIpc) is 2.84. The van der Waals surface area contributed by atoms with Gasteiger partial charge < -0.3 is 9.72 Å². The van der Waals surface area contributed by atoms with Gasteiger partial charge >= 0.3 is 0 Å². The topological polar surface area (TPSA) is 42.1 Å². The normalized spacial score (nSPS) is 10.8. The van der Waals surface area contributed by atoms with E-state index in [2.05, 4.69) is 11.9 Å². The standard InChI is InChI=1S/C16H21NO2/c1-3-5-6-9-14(18)12-11-17-13-8-7-10-15(16(12)13)19-4-2/h7-8,10-11,17H,3-6,9H2,1-2H3. The second-order valence-corrected chi connectivity index (χ2v) is 4.69. The third-order valence-electron chi connectivity index (χ3n) is 3.28. The summed E-state index contributed by atoms with van der Waals surface area (Å²) < 4.78 is 5.62. The van der Waals surface area contributed by atoms with E-state index in [1.165, 1.54) is 0 Å². The fourth-order valence-electron chi connectivity index (χ4n) is 2.32. The molecule has 0 aliphatic rings. The lowest BCUT2D eigenvalue weighted by Crippen LogP contribution is -1.99. The summed E-state index contributed by atoms with van der Waals surface area (Å²) in [4.78, 5) is 15.4. The van der Waals surface area contributed by atoms with Crippen molar-refractivity contribution in [2.45, 2.75) is 39.5 Å². The van der Waals surface area contributed by atoms with Crippen LogP contribution in [0.3, 0.4) is 0 Å². The highest BCUT2D eigenvalue weighted by Gasteiger charge is 2.15. The van der Waals surface area contributed by atoms with Crippen LogP contribution < -0.4 is 4.74 Å². The monoisotopic (exact) mass is 259 g/mol. The van der Waals surface area contributed by atoms with Crippen molar-refractivity contribution in [3.63, 3.8) is 0 Å². The molecule has 1 aromatic carbocycles. The first-order chi connectivity index (χ1) is 9.27. The molecule has 2 aromatic rings. The van der Waals surface area contributed by atoms with Crippen molar-refractivity contribution in [2.75, 3.05) is 6.61 Å². The summed E-state index contributed by atoms with van der Waals surface area (Å²) in [5.74, 6) is 0.993. The minimum Gasteiger partial charge on any atom is -0.493 e. The molecular formula is C16H21NO2. The summed E-state index contributed by atoms with van der Waals surface area (Å²) in [5.41, 5.74) is 1.72. The van der Waals surface area contributed by atoms with E-state index in [1.807, 2.05) is 31.3 Å². The van der Waals surface area contributed by atoms with Crippen LogP contribution in [0.1, 0.15) is 49.9 Å². The van der Waals surface area contributed by atoms with Gasteiger partial charge in [0.15, 0.2) is 5.78 Å². The molecule has 0 aliphatic carbocycles. The number of H-pyrrole nitrogens is 1. The number of hydrogen-bond donors (Lipinski definition) is 1. The molecule has 3 heteroatoms. The predicted molar refractivity (Wildman–Crippen MR) is 77.9 cm³/mol. The molecule has 0 bridgehead atoms. The first-order valence-electron chi connectivity index (χ1n) is 7.04. The van der Waals surface area contributed by atoms with Crippen molar-refractivity contribution in [1.29, 1.82) is 0 Å². The van der Waals surface area contributed by atoms with Crippen LogP contribution in [-0.4, -0.2) is 17.4 Å². The molecule has 1 heterocycles. The van der Waals surface area contributed by atoms with Gasteiger partial charge in [0.2, 0.25) is 0 Å². The highest BCUT2D eigenvalue weighted by Crippen LogP contribution is 2.29. The Bertz CT molecular complexity index is 557. The van der Waals surface area contributed by atoms with Gasteiger partial charge in [-0.15, -0.1) is 0 Å². The minimum atomic E-state index is 0.201. The van der Waals surface area contributed by atoms with E-state index in [1.54, 1.807) is 0 Å². The molecule has 0 atom stereocenters. The Labute approximate surface area is 114 Å². The molecule has 0 unspecified atom stereocenters. The van der Waals surface area contributed by atoms with Gasteiger partial charge in [-0.05, 0) is 25.5 Å². The molecule has 0 radical (unpaired) electrons. The number of unbranched alkanes of at least 4 members (excludes halogenated alkanes) is 2. The Morgan fingerprint density at radius 1 is 1.26 bits per heavy atom. The molecule has 0 amide bonds. The highest BCUT2D eigenvalue weighted by molar-refractivity contribution is 6.09. The van der Waals surface area contributed by atoms with Crippen molar-refractivity contribution in [2.24, 2.45) is 0 Å². The molecule has 19 heavy (non-hydrogen) atoms. The number of Topliss-reactive ketones (excluding diaryl/α,β-unsaturated/α-hetero) is 1. The summed E-state index contributed by atoms with van der Waals surface area (Å²) in [6, 6.07) is 5.83. The van der Waals surface area contributed by atoms with Gasteiger partial charge in [0.05, 0.1) is 12.0 Å². The zero-order chi connectivity index (χ0) is 13.7. The predicted octanol–water partition coefficient (Wildman–Crippen LogP) is 4.33. The van der Waals surface area contributed by atoms with Crippen LogP contribution in [0.2, 0.25) is 0 Å². The fraction of sp³-hybridized carbons (Fsp3) is 0.438. The number of fused-ring (bicyclic) bond motifs is 1. The molecule has 3 nitrogen and oxygen atoms in total. The molecule has 0 spiro atoms. The molecule has 0 saturated carbocycles. The van der Waals surface area contributed by atoms with Crippen LogP contribution in [-0.2, 0) is 0 Å². The Kier molecular flexibility index (Phi) is 4.61. The van der Waals surface area contributed by atoms with E-state index in [0.717, 1.165) is 41.5 Å². The van der Waals surface area contributed by atoms with Gasteiger partial charge in [0.25, 0.3) is 0 Å². The summed E-state index contributed by atoms with van der Waals surface area (Å²) in [5, 5.41) is 0.922. The third-order valence-corrected chi connectivity index (χ3v) is 3.28. The minimum absolute atomic E-state index is 0.201. The van der Waals surface area contributed by atoms with E-state index in [9.17, 15) is 4.79 Å². The lowest BCUT2D eigenvalue weighted by molar-refractivity contribution is 0.0980. The van der Waals surface area contributed by atoms with E-state index < -0.39 is 0 Å². The average molecular weight is 259 g/mol. The van der Waals surface area contributed by atoms with Crippen molar-refractivity contribution < 1.29 is 9.53 Å². The third kappa shape index (κ3) is 2.98. The molecule has 1 aromatic heterocycles. The second-order valence-electron chi connectivity index (χ2n) is 4.69. The Morgan fingerprint density at radius 2 is 2.11 bits per heavy atom. The molecule has 0 fully saturated rings. The number of aromatic amines is 1. The molecule has 2 rings (SSSR count). The molecule has 1 N–H and O–H groups in total. The zero-order valence-corrected chi connectivity index (χ0v) is 11.7. The van der Waals surface area contributed by atoms with Gasteiger partial charge in [0, 0.05) is 23.7 Å². The smallest absolute Gasteiger partial charge is 0.165 e. The summed E-state index contributed by atoms with van der Waals surface area (Å²) in [6.07, 6.45) is 5.61. The number of carbonyl (C=O) groups excluding carboxylic acids is 1. The second kappa shape index (κ2) is 6.41. The fourth-order valence-corrected chi connectivity index (χ4v) is 2.32. The summed E-state index contributed by atoms with van der Waals surface area (Å²) >= 11 is 0. The highest BCUT2D eigenvalue weighted by atomic mass is 16.5. The first-order valence-corrected chi connectivity index (χ1v) is 7.04. The number of carbonyl (C=O) groups is 1. The molecular weight excluding hydrogens is 238 g/mol. The van der Waals surface area contributed by atoms with Gasteiger partial charge in [-0.2, -0.15) is 0 Å². The number of benzene rings is 1.